The van der Waals surface area contributed by atoms with E-state index in [1.165, 1.54) is 25.9 Å². The van der Waals surface area contributed by atoms with Gasteiger partial charge in [-0.1, -0.05) is 0 Å². The molecule has 0 aromatic rings. The molecule has 2 atom stereocenters. The molecule has 0 bridgehead atoms. The van der Waals surface area contributed by atoms with E-state index in [0.29, 0.717) is 19.1 Å². The predicted octanol–water partition coefficient (Wildman–Crippen LogP) is 0.576. The summed E-state index contributed by atoms with van der Waals surface area (Å²) in [7, 11) is 0. The van der Waals surface area contributed by atoms with Gasteiger partial charge in [0.05, 0.1) is 0 Å². The Morgan fingerprint density at radius 1 is 1.25 bits per heavy atom. The zero-order chi connectivity index (χ0) is 14.4. The molecule has 0 aromatic heterocycles. The second-order valence-corrected chi connectivity index (χ2v) is 6.09. The Labute approximate surface area is 121 Å². The smallest absolute Gasteiger partial charge is 0.248 e. The monoisotopic (exact) mass is 284 g/mol. The lowest BCUT2D eigenvalue weighted by Gasteiger charge is -2.38. The molecule has 2 aliphatic heterocycles. The predicted molar refractivity (Wildman–Crippen MR) is 77.4 cm³/mol. The number of aliphatic hydroxyl groups excluding tert-OH is 1. The van der Waals surface area contributed by atoms with Gasteiger partial charge in [0.1, 0.15) is 6.61 Å². The van der Waals surface area contributed by atoms with Gasteiger partial charge in [-0.2, -0.15) is 0 Å². The summed E-state index contributed by atoms with van der Waals surface area (Å²) >= 11 is 0. The fourth-order valence-corrected chi connectivity index (χ4v) is 3.40. The van der Waals surface area contributed by atoms with Crippen LogP contribution in [0.15, 0.2) is 0 Å². The van der Waals surface area contributed by atoms with Crippen molar-refractivity contribution in [1.29, 1.82) is 0 Å². The number of piperidine rings is 1. The molecule has 0 aromatic carbocycles. The van der Waals surface area contributed by atoms with E-state index in [-0.39, 0.29) is 25.0 Å². The van der Waals surface area contributed by atoms with Crippen LogP contribution in [0.5, 0.6) is 0 Å². The third-order valence-electron chi connectivity index (χ3n) is 4.38. The average Bonchev–Trinajstić information content (AvgIpc) is 2.97. The molecule has 2 rings (SSSR count). The van der Waals surface area contributed by atoms with E-state index < -0.39 is 0 Å². The number of rotatable bonds is 6. The highest BCUT2D eigenvalue weighted by Crippen LogP contribution is 2.24. The fourth-order valence-electron chi connectivity index (χ4n) is 3.40. The lowest BCUT2D eigenvalue weighted by atomic mass is 9.89. The van der Waals surface area contributed by atoms with Gasteiger partial charge in [-0.25, -0.2) is 0 Å². The summed E-state index contributed by atoms with van der Waals surface area (Å²) in [5, 5.41) is 9.46. The van der Waals surface area contributed by atoms with E-state index in [4.69, 9.17) is 4.74 Å². The van der Waals surface area contributed by atoms with Crippen molar-refractivity contribution in [3.8, 4) is 0 Å². The first-order valence-electron chi connectivity index (χ1n) is 7.91. The summed E-state index contributed by atoms with van der Waals surface area (Å²) in [5.74, 6) is 0.780. The van der Waals surface area contributed by atoms with Crippen molar-refractivity contribution in [2.45, 2.75) is 26.2 Å². The highest BCUT2D eigenvalue weighted by molar-refractivity contribution is 5.77. The Balaban J connectivity index is 1.86. The van der Waals surface area contributed by atoms with Crippen LogP contribution in [0.25, 0.3) is 0 Å². The largest absolute Gasteiger partial charge is 0.396 e. The first kappa shape index (κ1) is 15.7. The van der Waals surface area contributed by atoms with Gasteiger partial charge in [-0.3, -0.25) is 4.79 Å². The molecule has 20 heavy (non-hydrogen) atoms. The second kappa shape index (κ2) is 7.96. The molecule has 1 N–H and O–H groups in total. The number of aliphatic hydroxyl groups is 1. The van der Waals surface area contributed by atoms with Gasteiger partial charge >= 0.3 is 0 Å². The highest BCUT2D eigenvalue weighted by Gasteiger charge is 2.31. The molecule has 1 amide bonds. The van der Waals surface area contributed by atoms with Crippen LogP contribution >= 0.6 is 0 Å². The van der Waals surface area contributed by atoms with Crippen molar-refractivity contribution in [3.63, 3.8) is 0 Å². The van der Waals surface area contributed by atoms with E-state index in [2.05, 4.69) is 4.90 Å². The fraction of sp³-hybridized carbons (Fsp3) is 0.933. The summed E-state index contributed by atoms with van der Waals surface area (Å²) in [4.78, 5) is 16.5. The molecular formula is C15H28N2O3. The number of hydrogen-bond donors (Lipinski definition) is 1. The van der Waals surface area contributed by atoms with Crippen molar-refractivity contribution >= 4 is 5.91 Å². The van der Waals surface area contributed by atoms with E-state index in [1.807, 2.05) is 11.8 Å². The maximum absolute atomic E-state index is 12.1. The Bertz CT molecular complexity index is 305. The van der Waals surface area contributed by atoms with Gasteiger partial charge in [0.2, 0.25) is 5.91 Å². The van der Waals surface area contributed by atoms with Gasteiger partial charge in [-0.15, -0.1) is 0 Å². The molecule has 0 aliphatic carbocycles. The Hall–Kier alpha value is -0.650. The lowest BCUT2D eigenvalue weighted by molar-refractivity contribution is -0.139. The van der Waals surface area contributed by atoms with Gasteiger partial charge in [0.15, 0.2) is 0 Å². The van der Waals surface area contributed by atoms with Crippen molar-refractivity contribution in [2.24, 2.45) is 11.8 Å². The molecule has 2 aliphatic rings. The summed E-state index contributed by atoms with van der Waals surface area (Å²) < 4.78 is 5.22. The van der Waals surface area contributed by atoms with Crippen molar-refractivity contribution in [3.05, 3.63) is 0 Å². The molecule has 0 radical (unpaired) electrons. The molecule has 2 saturated heterocycles. The van der Waals surface area contributed by atoms with Crippen LogP contribution in [-0.4, -0.2) is 73.4 Å². The topological polar surface area (TPSA) is 53.0 Å². The number of hydrogen-bond acceptors (Lipinski definition) is 4. The molecule has 116 valence electrons. The molecule has 2 fully saturated rings. The minimum atomic E-state index is 0.0661. The summed E-state index contributed by atoms with van der Waals surface area (Å²) in [6, 6.07) is 0. The van der Waals surface area contributed by atoms with Crippen molar-refractivity contribution in [1.82, 2.24) is 9.80 Å². The third kappa shape index (κ3) is 4.43. The van der Waals surface area contributed by atoms with Crippen LogP contribution in [0.2, 0.25) is 0 Å². The lowest BCUT2D eigenvalue weighted by Crippen LogP contribution is -2.48. The summed E-state index contributed by atoms with van der Waals surface area (Å²) in [6.45, 7) is 7.75. The quantitative estimate of drug-likeness (QED) is 0.775. The molecule has 0 spiro atoms. The zero-order valence-corrected chi connectivity index (χ0v) is 12.6. The average molecular weight is 284 g/mol. The number of ether oxygens (including phenoxy) is 1. The van der Waals surface area contributed by atoms with E-state index in [0.717, 1.165) is 19.5 Å². The Kier molecular flexibility index (Phi) is 6.26. The van der Waals surface area contributed by atoms with Crippen LogP contribution in [-0.2, 0) is 9.53 Å². The number of likely N-dealkylation sites (tertiary alicyclic amines) is 2. The SMILES string of the molecule is CCOCC(=O)N1C[C@H](CO)C[C@H](CN2CCCC2)C1. The standard InChI is InChI=1S/C15H28N2O3/c1-2-20-12-15(19)17-9-13(7-14(10-17)11-18)8-16-5-3-4-6-16/h13-14,18H,2-12H2,1H3/t13-,14-/m1/s1. The molecule has 0 unspecified atom stereocenters. The first-order valence-corrected chi connectivity index (χ1v) is 7.91. The van der Waals surface area contributed by atoms with E-state index in [1.54, 1.807) is 0 Å². The first-order chi connectivity index (χ1) is 9.72. The van der Waals surface area contributed by atoms with Gasteiger partial charge in [0.25, 0.3) is 0 Å². The minimum Gasteiger partial charge on any atom is -0.396 e. The minimum absolute atomic E-state index is 0.0661. The van der Waals surface area contributed by atoms with Crippen LogP contribution in [0, 0.1) is 11.8 Å². The number of amides is 1. The highest BCUT2D eigenvalue weighted by atomic mass is 16.5. The van der Waals surface area contributed by atoms with Gasteiger partial charge in [0, 0.05) is 32.8 Å². The maximum atomic E-state index is 12.1. The Morgan fingerprint density at radius 2 is 1.95 bits per heavy atom. The summed E-state index contributed by atoms with van der Waals surface area (Å²) in [6.07, 6.45) is 3.62. The number of carbonyl (C=O) groups excluding carboxylic acids is 1. The van der Waals surface area contributed by atoms with Gasteiger partial charge < -0.3 is 19.6 Å². The van der Waals surface area contributed by atoms with E-state index in [9.17, 15) is 9.90 Å². The third-order valence-corrected chi connectivity index (χ3v) is 4.38. The maximum Gasteiger partial charge on any atom is 0.248 e. The van der Waals surface area contributed by atoms with Crippen molar-refractivity contribution in [2.75, 3.05) is 52.5 Å². The molecule has 5 nitrogen and oxygen atoms in total. The van der Waals surface area contributed by atoms with Gasteiger partial charge in [-0.05, 0) is 51.1 Å². The number of nitrogens with zero attached hydrogens (tertiary/aromatic N) is 2. The molecule has 0 saturated carbocycles. The summed E-state index contributed by atoms with van der Waals surface area (Å²) in [5.41, 5.74) is 0. The van der Waals surface area contributed by atoms with Crippen molar-refractivity contribution < 1.29 is 14.6 Å². The molecular weight excluding hydrogens is 256 g/mol. The molecule has 5 heteroatoms. The normalized spacial score (nSPS) is 28.0. The van der Waals surface area contributed by atoms with E-state index >= 15 is 0 Å². The molecule has 2 heterocycles. The van der Waals surface area contributed by atoms with Crippen LogP contribution in [0.1, 0.15) is 26.2 Å². The number of carbonyl (C=O) groups is 1. The Morgan fingerprint density at radius 3 is 2.60 bits per heavy atom. The zero-order valence-electron chi connectivity index (χ0n) is 12.6. The van der Waals surface area contributed by atoms with Crippen LogP contribution < -0.4 is 0 Å². The van der Waals surface area contributed by atoms with Crippen LogP contribution in [0.4, 0.5) is 0 Å². The van der Waals surface area contributed by atoms with Crippen LogP contribution in [0.3, 0.4) is 0 Å². The second-order valence-electron chi connectivity index (χ2n) is 6.09.